The first-order valence-electron chi connectivity index (χ1n) is 17.6. The van der Waals surface area contributed by atoms with Crippen molar-refractivity contribution in [2.45, 2.75) is 77.0 Å². The van der Waals surface area contributed by atoms with Gasteiger partial charge in [-0.15, -0.1) is 0 Å². The van der Waals surface area contributed by atoms with Crippen molar-refractivity contribution in [2.75, 3.05) is 32.2 Å². The minimum atomic E-state index is -0.231. The third-order valence-corrected chi connectivity index (χ3v) is 10.5. The first-order valence-corrected chi connectivity index (χ1v) is 17.6. The molecule has 0 radical (unpaired) electrons. The van der Waals surface area contributed by atoms with Gasteiger partial charge in [-0.25, -0.2) is 0 Å². The summed E-state index contributed by atoms with van der Waals surface area (Å²) < 4.78 is 12.3. The Morgan fingerprint density at radius 1 is 0.714 bits per heavy atom. The van der Waals surface area contributed by atoms with Gasteiger partial charge in [0.05, 0.1) is 19.6 Å². The molecule has 6 rings (SSSR count). The molecule has 0 saturated carbocycles. The number of carbonyl (C=O) groups is 2. The monoisotopic (exact) mass is 657 g/mol. The summed E-state index contributed by atoms with van der Waals surface area (Å²) in [5.74, 6) is -0.321. The van der Waals surface area contributed by atoms with E-state index in [2.05, 4.69) is 128 Å². The minimum absolute atomic E-state index is 0.160. The number of benzene rings is 4. The largest absolute Gasteiger partial charge is 0.469 e. The lowest BCUT2D eigenvalue weighted by Gasteiger charge is -2.27. The fourth-order valence-electron chi connectivity index (χ4n) is 8.07. The number of nitrogens with zero attached hydrogens (tertiary/aromatic N) is 2. The van der Waals surface area contributed by atoms with Gasteiger partial charge in [-0.2, -0.15) is 4.58 Å². The van der Waals surface area contributed by atoms with E-state index in [9.17, 15) is 9.59 Å². The summed E-state index contributed by atoms with van der Waals surface area (Å²) in [6.45, 7) is 10.9. The van der Waals surface area contributed by atoms with Crippen LogP contribution in [0.5, 0.6) is 0 Å². The standard InChI is InChI=1S/C43H49N2O4/c1-42(2)36(44(28-13-11-22-38(46)48-5)34-26-24-30-16-7-9-18-32(30)40(34)42)20-15-21-37-43(3,4)41-33-19-10-8-17-31(33)25-27-35(41)45(37)29-14-12-23-39(47)49-6/h7-10,15-21,24-27H,11-14,22-23,28-29H2,1-6H3/q+1. The van der Waals surface area contributed by atoms with Crippen molar-refractivity contribution in [2.24, 2.45) is 0 Å². The summed E-state index contributed by atoms with van der Waals surface area (Å²) >= 11 is 0. The van der Waals surface area contributed by atoms with Gasteiger partial charge in [-0.05, 0) is 78.4 Å². The minimum Gasteiger partial charge on any atom is -0.469 e. The van der Waals surface area contributed by atoms with E-state index in [0.717, 1.165) is 38.8 Å². The zero-order chi connectivity index (χ0) is 34.8. The summed E-state index contributed by atoms with van der Waals surface area (Å²) in [5, 5.41) is 5.05. The predicted molar refractivity (Wildman–Crippen MR) is 200 cm³/mol. The normalized spacial score (nSPS) is 16.9. The average molecular weight is 658 g/mol. The van der Waals surface area contributed by atoms with Crippen LogP contribution < -0.4 is 4.90 Å². The number of esters is 2. The van der Waals surface area contributed by atoms with Gasteiger partial charge >= 0.3 is 11.9 Å². The molecule has 6 heteroatoms. The first kappa shape index (κ1) is 34.2. The van der Waals surface area contributed by atoms with Crippen LogP contribution in [0.15, 0.2) is 96.7 Å². The van der Waals surface area contributed by atoms with Gasteiger partial charge in [0.25, 0.3) is 0 Å². The maximum atomic E-state index is 11.9. The molecule has 0 N–H and O–H groups in total. The summed E-state index contributed by atoms with van der Waals surface area (Å²) in [5.41, 5.74) is 7.20. The van der Waals surface area contributed by atoms with Gasteiger partial charge in [0, 0.05) is 60.3 Å². The fraction of sp³-hybridized carbons (Fsp3) is 0.372. The maximum Gasteiger partial charge on any atom is 0.305 e. The molecule has 4 aromatic rings. The van der Waals surface area contributed by atoms with Crippen LogP contribution in [0.1, 0.15) is 77.3 Å². The lowest BCUT2D eigenvalue weighted by molar-refractivity contribution is -0.438. The van der Waals surface area contributed by atoms with Crippen molar-refractivity contribution in [3.05, 3.63) is 108 Å². The molecule has 0 unspecified atom stereocenters. The molecule has 0 amide bonds. The molecule has 0 aliphatic carbocycles. The van der Waals surface area contributed by atoms with Gasteiger partial charge in [0.2, 0.25) is 5.69 Å². The number of anilines is 1. The van der Waals surface area contributed by atoms with E-state index in [1.807, 2.05) is 0 Å². The molecular formula is C43H49N2O4+. The van der Waals surface area contributed by atoms with Gasteiger partial charge < -0.3 is 14.4 Å². The highest BCUT2D eigenvalue weighted by molar-refractivity contribution is 6.07. The van der Waals surface area contributed by atoms with Crippen molar-refractivity contribution >= 4 is 50.6 Å². The number of carbonyl (C=O) groups excluding carboxylic acids is 2. The van der Waals surface area contributed by atoms with E-state index in [4.69, 9.17) is 9.47 Å². The zero-order valence-electron chi connectivity index (χ0n) is 29.8. The van der Waals surface area contributed by atoms with E-state index < -0.39 is 0 Å². The van der Waals surface area contributed by atoms with E-state index in [-0.39, 0.29) is 22.8 Å². The number of hydrogen-bond acceptors (Lipinski definition) is 5. The van der Waals surface area contributed by atoms with Crippen molar-refractivity contribution < 1.29 is 23.6 Å². The Labute approximate surface area is 290 Å². The Morgan fingerprint density at radius 3 is 1.96 bits per heavy atom. The van der Waals surface area contributed by atoms with E-state index in [1.165, 1.54) is 69.7 Å². The molecule has 2 heterocycles. The number of hydrogen-bond donors (Lipinski definition) is 0. The van der Waals surface area contributed by atoms with Crippen molar-refractivity contribution in [3.63, 3.8) is 0 Å². The molecule has 0 spiro atoms. The zero-order valence-corrected chi connectivity index (χ0v) is 29.8. The Morgan fingerprint density at radius 2 is 1.31 bits per heavy atom. The quantitative estimate of drug-likeness (QED) is 0.0864. The molecule has 0 bridgehead atoms. The first-order chi connectivity index (χ1) is 23.6. The Bertz CT molecular complexity index is 2000. The Hall–Kier alpha value is -4.71. The van der Waals surface area contributed by atoms with Gasteiger partial charge in [-0.1, -0.05) is 74.5 Å². The average Bonchev–Trinajstić information content (AvgIpc) is 3.46. The van der Waals surface area contributed by atoms with Crippen LogP contribution >= 0.6 is 0 Å². The molecule has 49 heavy (non-hydrogen) atoms. The highest BCUT2D eigenvalue weighted by Crippen LogP contribution is 2.51. The molecule has 2 aliphatic rings. The van der Waals surface area contributed by atoms with Crippen LogP contribution in [0.3, 0.4) is 0 Å². The molecule has 0 atom stereocenters. The molecule has 254 valence electrons. The Balaban J connectivity index is 1.39. The molecule has 0 fully saturated rings. The summed E-state index contributed by atoms with van der Waals surface area (Å²) in [6, 6.07) is 26.3. The van der Waals surface area contributed by atoms with Crippen LogP contribution in [0.2, 0.25) is 0 Å². The van der Waals surface area contributed by atoms with Gasteiger partial charge in [0.15, 0.2) is 5.71 Å². The molecule has 4 aromatic carbocycles. The number of rotatable bonds is 12. The number of allylic oxidation sites excluding steroid dienone is 4. The van der Waals surface area contributed by atoms with E-state index >= 15 is 0 Å². The summed E-state index contributed by atoms with van der Waals surface area (Å²) in [6.07, 6.45) is 11.0. The predicted octanol–water partition coefficient (Wildman–Crippen LogP) is 9.29. The van der Waals surface area contributed by atoms with Gasteiger partial charge in [0.1, 0.15) is 6.54 Å². The molecular weight excluding hydrogens is 608 g/mol. The third-order valence-electron chi connectivity index (χ3n) is 10.5. The second-order valence-corrected chi connectivity index (χ2v) is 14.3. The van der Waals surface area contributed by atoms with Crippen LogP contribution in [0, 0.1) is 0 Å². The molecule has 6 nitrogen and oxygen atoms in total. The maximum absolute atomic E-state index is 11.9. The summed E-state index contributed by atoms with van der Waals surface area (Å²) in [7, 11) is 2.90. The van der Waals surface area contributed by atoms with Crippen LogP contribution in [-0.4, -0.2) is 49.5 Å². The van der Waals surface area contributed by atoms with E-state index in [0.29, 0.717) is 12.8 Å². The van der Waals surface area contributed by atoms with Crippen molar-refractivity contribution in [1.82, 2.24) is 0 Å². The third kappa shape index (κ3) is 6.41. The Kier molecular flexibility index (Phi) is 9.78. The number of fused-ring (bicyclic) bond motifs is 6. The number of methoxy groups -OCH3 is 2. The smallest absolute Gasteiger partial charge is 0.305 e. The fourth-order valence-corrected chi connectivity index (χ4v) is 8.07. The molecule has 0 aromatic heterocycles. The lowest BCUT2D eigenvalue weighted by Crippen LogP contribution is -2.28. The van der Waals surface area contributed by atoms with Crippen LogP contribution in [-0.2, 0) is 29.9 Å². The van der Waals surface area contributed by atoms with Crippen LogP contribution in [0.4, 0.5) is 11.4 Å². The number of unbranched alkanes of at least 4 members (excludes halogenated alkanes) is 2. The summed E-state index contributed by atoms with van der Waals surface area (Å²) in [4.78, 5) is 26.2. The molecule has 2 aliphatic heterocycles. The second-order valence-electron chi connectivity index (χ2n) is 14.3. The highest BCUT2D eigenvalue weighted by atomic mass is 16.5. The van der Waals surface area contributed by atoms with Gasteiger partial charge in [-0.3, -0.25) is 9.59 Å². The van der Waals surface area contributed by atoms with Crippen molar-refractivity contribution in [1.29, 1.82) is 0 Å². The topological polar surface area (TPSA) is 58.8 Å². The van der Waals surface area contributed by atoms with E-state index in [1.54, 1.807) is 0 Å². The highest BCUT2D eigenvalue weighted by Gasteiger charge is 2.45. The van der Waals surface area contributed by atoms with Crippen LogP contribution in [0.25, 0.3) is 21.5 Å². The van der Waals surface area contributed by atoms with Crippen molar-refractivity contribution in [3.8, 4) is 0 Å². The molecule has 0 saturated heterocycles. The SMILES string of the molecule is COC(=O)CCCCN1/C(=C\C=C\C2=[N+](CCCCC(=O)OC)c3ccc4ccccc4c3C2(C)C)C(C)(C)c2c1ccc1ccccc21. The lowest BCUT2D eigenvalue weighted by atomic mass is 9.79. The second kappa shape index (κ2) is 14.0. The number of ether oxygens (including phenoxy) is 2.